The number of hydrogen-bond donors (Lipinski definition) is 0. The molecule has 1 aromatic rings. The minimum Gasteiger partial charge on any atom is -0.768 e. The Balaban J connectivity index is 3.15. The highest BCUT2D eigenvalue weighted by Gasteiger charge is 1.96. The van der Waals surface area contributed by atoms with Crippen LogP contribution in [0.2, 0.25) is 0 Å². The first-order valence-electron chi connectivity index (χ1n) is 2.40. The van der Waals surface area contributed by atoms with Crippen molar-refractivity contribution in [3.8, 4) is 0 Å². The minimum atomic E-state index is -2.20. The normalized spacial score (nSPS) is 13.0. The molecule has 0 amide bonds. The van der Waals surface area contributed by atoms with Crippen molar-refractivity contribution in [1.29, 1.82) is 0 Å². The maximum Gasteiger partial charge on any atom is 0.0574 e. The molecule has 0 aliphatic carbocycles. The first kappa shape index (κ1) is 7.84. The first-order chi connectivity index (χ1) is 4.72. The highest BCUT2D eigenvalue weighted by Crippen LogP contribution is 2.16. The number of nitrogens with zero attached hydrogens (tertiary/aromatic N) is 1. The van der Waals surface area contributed by atoms with Crippen molar-refractivity contribution < 1.29 is 8.76 Å². The standard InChI is InChI=1S/C5H4BrNO2S/c6-4-1-2-7-3-5(4)10(8)9/h1-3H,(H,8,9)/p-1. The van der Waals surface area contributed by atoms with Gasteiger partial charge in [-0.1, -0.05) is 0 Å². The van der Waals surface area contributed by atoms with Crippen molar-refractivity contribution in [2.45, 2.75) is 4.90 Å². The monoisotopic (exact) mass is 220 g/mol. The maximum absolute atomic E-state index is 10.4. The van der Waals surface area contributed by atoms with Gasteiger partial charge in [0.2, 0.25) is 0 Å². The van der Waals surface area contributed by atoms with Crippen LogP contribution in [0.3, 0.4) is 0 Å². The van der Waals surface area contributed by atoms with Gasteiger partial charge in [0.15, 0.2) is 0 Å². The summed E-state index contributed by atoms with van der Waals surface area (Å²) in [5.41, 5.74) is 0. The molecule has 0 saturated carbocycles. The second kappa shape index (κ2) is 3.23. The molecule has 5 heteroatoms. The van der Waals surface area contributed by atoms with Gasteiger partial charge in [0.1, 0.15) is 0 Å². The van der Waals surface area contributed by atoms with E-state index in [2.05, 4.69) is 20.9 Å². The summed E-state index contributed by atoms with van der Waals surface area (Å²) < 4.78 is 21.2. The Morgan fingerprint density at radius 3 is 2.80 bits per heavy atom. The molecular weight excluding hydrogens is 218 g/mol. The molecule has 0 saturated heterocycles. The molecule has 0 aromatic carbocycles. The molecule has 0 aliphatic heterocycles. The van der Waals surface area contributed by atoms with E-state index >= 15 is 0 Å². The first-order valence-corrected chi connectivity index (χ1v) is 4.27. The van der Waals surface area contributed by atoms with E-state index < -0.39 is 11.1 Å². The average Bonchev–Trinajstić information content (AvgIpc) is 1.88. The van der Waals surface area contributed by atoms with E-state index in [0.717, 1.165) is 0 Å². The van der Waals surface area contributed by atoms with Gasteiger partial charge in [-0.05, 0) is 33.1 Å². The lowest BCUT2D eigenvalue weighted by Gasteiger charge is -2.04. The molecule has 3 nitrogen and oxygen atoms in total. The van der Waals surface area contributed by atoms with Crippen LogP contribution in [0.15, 0.2) is 27.8 Å². The number of pyridine rings is 1. The van der Waals surface area contributed by atoms with Crippen molar-refractivity contribution in [2.75, 3.05) is 0 Å². The smallest absolute Gasteiger partial charge is 0.0574 e. The molecule has 0 spiro atoms. The van der Waals surface area contributed by atoms with E-state index in [4.69, 9.17) is 0 Å². The van der Waals surface area contributed by atoms with E-state index in [1.807, 2.05) is 0 Å². The fourth-order valence-corrected chi connectivity index (χ4v) is 1.48. The molecule has 1 heterocycles. The lowest BCUT2D eigenvalue weighted by molar-refractivity contribution is 0.536. The van der Waals surface area contributed by atoms with Gasteiger partial charge in [-0.3, -0.25) is 9.19 Å². The van der Waals surface area contributed by atoms with Crippen LogP contribution < -0.4 is 0 Å². The number of halogens is 1. The Kier molecular flexibility index (Phi) is 2.53. The van der Waals surface area contributed by atoms with E-state index in [0.29, 0.717) is 4.47 Å². The predicted octanol–water partition coefficient (Wildman–Crippen LogP) is 1.08. The number of rotatable bonds is 1. The Bertz CT molecular complexity index is 266. The van der Waals surface area contributed by atoms with Gasteiger partial charge in [0.05, 0.1) is 4.90 Å². The zero-order chi connectivity index (χ0) is 7.56. The van der Waals surface area contributed by atoms with Gasteiger partial charge in [-0.2, -0.15) is 0 Å². The molecule has 0 aliphatic rings. The second-order valence-electron chi connectivity index (χ2n) is 1.54. The van der Waals surface area contributed by atoms with Crippen LogP contribution >= 0.6 is 15.9 Å². The maximum atomic E-state index is 10.4. The van der Waals surface area contributed by atoms with Crippen LogP contribution in [0.1, 0.15) is 0 Å². The van der Waals surface area contributed by atoms with Gasteiger partial charge < -0.3 is 4.55 Å². The Morgan fingerprint density at radius 2 is 2.40 bits per heavy atom. The van der Waals surface area contributed by atoms with E-state index in [1.165, 1.54) is 12.4 Å². The molecule has 10 heavy (non-hydrogen) atoms. The van der Waals surface area contributed by atoms with Crippen molar-refractivity contribution >= 4 is 27.0 Å². The van der Waals surface area contributed by atoms with Crippen LogP contribution in [-0.2, 0) is 11.1 Å². The van der Waals surface area contributed by atoms with Crippen LogP contribution in [0.25, 0.3) is 0 Å². The van der Waals surface area contributed by atoms with Crippen LogP contribution in [0.5, 0.6) is 0 Å². The lowest BCUT2D eigenvalue weighted by Crippen LogP contribution is -1.90. The average molecular weight is 221 g/mol. The van der Waals surface area contributed by atoms with Crippen LogP contribution in [0, 0.1) is 0 Å². The lowest BCUT2D eigenvalue weighted by atomic mass is 10.5. The zero-order valence-electron chi connectivity index (χ0n) is 4.78. The Morgan fingerprint density at radius 1 is 1.70 bits per heavy atom. The largest absolute Gasteiger partial charge is 0.768 e. The summed E-state index contributed by atoms with van der Waals surface area (Å²) in [7, 11) is 0. The van der Waals surface area contributed by atoms with Crippen molar-refractivity contribution in [3.05, 3.63) is 22.9 Å². The molecule has 1 unspecified atom stereocenters. The highest BCUT2D eigenvalue weighted by atomic mass is 79.9. The number of hydrogen-bond acceptors (Lipinski definition) is 3. The van der Waals surface area contributed by atoms with Gasteiger partial charge in [-0.15, -0.1) is 0 Å². The summed E-state index contributed by atoms with van der Waals surface area (Å²) in [5.74, 6) is 0. The minimum absolute atomic E-state index is 0.183. The molecule has 1 atom stereocenters. The zero-order valence-corrected chi connectivity index (χ0v) is 7.18. The van der Waals surface area contributed by atoms with Gasteiger partial charge in [0, 0.05) is 16.9 Å². The summed E-state index contributed by atoms with van der Waals surface area (Å²) >= 11 is 0.864. The molecular formula is C5H3BrNO2S-. The summed E-state index contributed by atoms with van der Waals surface area (Å²) in [6.45, 7) is 0. The van der Waals surface area contributed by atoms with Crippen LogP contribution in [0.4, 0.5) is 0 Å². The third-order valence-corrected chi connectivity index (χ3v) is 2.55. The highest BCUT2D eigenvalue weighted by molar-refractivity contribution is 9.10. The van der Waals surface area contributed by atoms with Crippen molar-refractivity contribution in [3.63, 3.8) is 0 Å². The SMILES string of the molecule is O=S([O-])c1cnccc1Br. The van der Waals surface area contributed by atoms with Crippen molar-refractivity contribution in [2.24, 2.45) is 0 Å². The Hall–Kier alpha value is -0.260. The summed E-state index contributed by atoms with van der Waals surface area (Å²) in [4.78, 5) is 3.83. The molecule has 54 valence electrons. The third kappa shape index (κ3) is 1.62. The quantitative estimate of drug-likeness (QED) is 0.666. The summed E-state index contributed by atoms with van der Waals surface area (Å²) in [6.07, 6.45) is 2.80. The topological polar surface area (TPSA) is 53.0 Å². The predicted molar refractivity (Wildman–Crippen MR) is 39.1 cm³/mol. The van der Waals surface area contributed by atoms with Gasteiger partial charge in [-0.25, -0.2) is 0 Å². The fraction of sp³-hybridized carbons (Fsp3) is 0. The van der Waals surface area contributed by atoms with Gasteiger partial charge >= 0.3 is 0 Å². The van der Waals surface area contributed by atoms with Gasteiger partial charge in [0.25, 0.3) is 0 Å². The molecule has 0 N–H and O–H groups in total. The van der Waals surface area contributed by atoms with E-state index in [1.54, 1.807) is 6.07 Å². The fourth-order valence-electron chi connectivity index (χ4n) is 0.486. The molecule has 0 fully saturated rings. The number of aromatic nitrogens is 1. The molecule has 0 radical (unpaired) electrons. The Labute approximate surface area is 68.9 Å². The summed E-state index contributed by atoms with van der Waals surface area (Å²) in [5, 5.41) is 0. The summed E-state index contributed by atoms with van der Waals surface area (Å²) in [6, 6.07) is 1.57. The van der Waals surface area contributed by atoms with E-state index in [9.17, 15) is 8.76 Å². The second-order valence-corrected chi connectivity index (χ2v) is 3.30. The molecule has 1 aromatic heterocycles. The molecule has 0 bridgehead atoms. The molecule has 1 rings (SSSR count). The third-order valence-electron chi connectivity index (χ3n) is 0.914. The van der Waals surface area contributed by atoms with E-state index in [-0.39, 0.29) is 4.90 Å². The van der Waals surface area contributed by atoms with Crippen molar-refractivity contribution in [1.82, 2.24) is 4.98 Å². The van der Waals surface area contributed by atoms with Crippen LogP contribution in [-0.4, -0.2) is 13.7 Å².